The maximum absolute atomic E-state index is 12.9. The molecule has 8 nitrogen and oxygen atoms in total. The van der Waals surface area contributed by atoms with Crippen molar-refractivity contribution in [2.75, 3.05) is 39.4 Å². The van der Waals surface area contributed by atoms with Crippen LogP contribution in [0.4, 0.5) is 0 Å². The van der Waals surface area contributed by atoms with E-state index in [0.717, 1.165) is 11.2 Å². The monoisotopic (exact) mass is 385 g/mol. The van der Waals surface area contributed by atoms with Gasteiger partial charge in [-0.05, 0) is 32.8 Å². The first-order valence-electron chi connectivity index (χ1n) is 10.0. The number of hydrogen-bond donors (Lipinski definition) is 0. The van der Waals surface area contributed by atoms with E-state index in [1.54, 1.807) is 12.5 Å². The smallest absolute Gasteiger partial charge is 0.255 e. The number of pyridine rings is 1. The number of rotatable bonds is 3. The summed E-state index contributed by atoms with van der Waals surface area (Å²) >= 11 is 0. The first-order chi connectivity index (χ1) is 13.5. The van der Waals surface area contributed by atoms with Gasteiger partial charge in [0.25, 0.3) is 5.91 Å². The summed E-state index contributed by atoms with van der Waals surface area (Å²) < 4.78 is 7.31. The second kappa shape index (κ2) is 7.87. The van der Waals surface area contributed by atoms with Crippen LogP contribution in [0, 0.1) is 5.92 Å². The molecule has 0 spiro atoms. The van der Waals surface area contributed by atoms with E-state index >= 15 is 0 Å². The molecule has 0 atom stereocenters. The second-order valence-electron chi connectivity index (χ2n) is 7.82. The lowest BCUT2D eigenvalue weighted by molar-refractivity contribution is -0.141. The third kappa shape index (κ3) is 3.61. The van der Waals surface area contributed by atoms with Crippen LogP contribution in [0.2, 0.25) is 0 Å². The van der Waals surface area contributed by atoms with Crippen molar-refractivity contribution in [2.24, 2.45) is 5.92 Å². The molecule has 150 valence electrons. The fourth-order valence-corrected chi connectivity index (χ4v) is 3.97. The van der Waals surface area contributed by atoms with E-state index < -0.39 is 0 Å². The molecule has 2 aromatic rings. The number of carbonyl (C=O) groups is 2. The van der Waals surface area contributed by atoms with Gasteiger partial charge >= 0.3 is 0 Å². The lowest BCUT2D eigenvalue weighted by atomic mass is 9.94. The summed E-state index contributed by atoms with van der Waals surface area (Å²) in [5.41, 5.74) is 2.08. The molecule has 0 aromatic carbocycles. The molecule has 2 aliphatic heterocycles. The standard InChI is InChI=1S/C20H27N5O3/c1-14(2)25-13-22-17-11-16(12-21-18(17)25)20(27)23-5-3-15(4-6-23)19(26)24-7-9-28-10-8-24/h11-15H,3-10H2,1-2H3. The Morgan fingerprint density at radius 3 is 2.46 bits per heavy atom. The van der Waals surface area contributed by atoms with Gasteiger partial charge in [-0.3, -0.25) is 9.59 Å². The minimum atomic E-state index is -0.0363. The molecule has 0 saturated carbocycles. The number of hydrogen-bond acceptors (Lipinski definition) is 5. The van der Waals surface area contributed by atoms with E-state index in [0.29, 0.717) is 57.8 Å². The molecule has 0 bridgehead atoms. The summed E-state index contributed by atoms with van der Waals surface area (Å²) in [5.74, 6) is 0.174. The van der Waals surface area contributed by atoms with Gasteiger partial charge in [0.1, 0.15) is 5.52 Å². The Labute approximate surface area is 164 Å². The number of aromatic nitrogens is 3. The molecule has 0 aliphatic carbocycles. The van der Waals surface area contributed by atoms with Gasteiger partial charge in [-0.2, -0.15) is 0 Å². The molecule has 0 unspecified atom stereocenters. The number of piperidine rings is 1. The molecule has 2 amide bonds. The van der Waals surface area contributed by atoms with Crippen LogP contribution in [-0.2, 0) is 9.53 Å². The number of carbonyl (C=O) groups excluding carboxylic acids is 2. The summed E-state index contributed by atoms with van der Waals surface area (Å²) in [6.45, 7) is 7.92. The van der Waals surface area contributed by atoms with Crippen molar-refractivity contribution in [2.45, 2.75) is 32.7 Å². The number of morpholine rings is 1. The van der Waals surface area contributed by atoms with E-state index in [1.165, 1.54) is 0 Å². The van der Waals surface area contributed by atoms with Crippen LogP contribution >= 0.6 is 0 Å². The molecule has 2 aliphatic rings. The number of amides is 2. The average Bonchev–Trinajstić information content (AvgIpc) is 3.17. The Bertz CT molecular complexity index is 864. The van der Waals surface area contributed by atoms with Crippen LogP contribution < -0.4 is 0 Å². The summed E-state index contributed by atoms with van der Waals surface area (Å²) in [6.07, 6.45) is 4.81. The zero-order valence-electron chi connectivity index (χ0n) is 16.5. The first kappa shape index (κ1) is 18.9. The third-order valence-corrected chi connectivity index (χ3v) is 5.67. The molecule has 4 rings (SSSR count). The maximum atomic E-state index is 12.9. The fraction of sp³-hybridized carbons (Fsp3) is 0.600. The van der Waals surface area contributed by atoms with Gasteiger partial charge in [-0.15, -0.1) is 0 Å². The van der Waals surface area contributed by atoms with Crippen LogP contribution in [0.25, 0.3) is 11.2 Å². The highest BCUT2D eigenvalue weighted by atomic mass is 16.5. The van der Waals surface area contributed by atoms with Crippen molar-refractivity contribution in [3.63, 3.8) is 0 Å². The van der Waals surface area contributed by atoms with Gasteiger partial charge in [-0.25, -0.2) is 9.97 Å². The summed E-state index contributed by atoms with van der Waals surface area (Å²) in [5, 5.41) is 0. The van der Waals surface area contributed by atoms with E-state index in [4.69, 9.17) is 4.74 Å². The maximum Gasteiger partial charge on any atom is 0.255 e. The van der Waals surface area contributed by atoms with Crippen molar-refractivity contribution in [1.29, 1.82) is 0 Å². The Balaban J connectivity index is 1.39. The minimum absolute atomic E-state index is 0.00416. The third-order valence-electron chi connectivity index (χ3n) is 5.67. The van der Waals surface area contributed by atoms with Crippen LogP contribution in [0.3, 0.4) is 0 Å². The summed E-state index contributed by atoms with van der Waals surface area (Å²) in [7, 11) is 0. The molecule has 8 heteroatoms. The van der Waals surface area contributed by atoms with Crippen molar-refractivity contribution >= 4 is 23.0 Å². The van der Waals surface area contributed by atoms with E-state index in [2.05, 4.69) is 23.8 Å². The predicted molar refractivity (Wildman–Crippen MR) is 104 cm³/mol. The van der Waals surface area contributed by atoms with Gasteiger partial charge in [-0.1, -0.05) is 0 Å². The van der Waals surface area contributed by atoms with E-state index in [-0.39, 0.29) is 23.8 Å². The van der Waals surface area contributed by atoms with Gasteiger partial charge < -0.3 is 19.1 Å². The lowest BCUT2D eigenvalue weighted by Crippen LogP contribution is -2.47. The molecule has 2 fully saturated rings. The van der Waals surface area contributed by atoms with Gasteiger partial charge in [0.15, 0.2) is 5.65 Å². The molecule has 0 N–H and O–H groups in total. The number of likely N-dealkylation sites (tertiary alicyclic amines) is 1. The molecule has 2 saturated heterocycles. The quantitative estimate of drug-likeness (QED) is 0.804. The Hall–Kier alpha value is -2.48. The van der Waals surface area contributed by atoms with Crippen LogP contribution in [0.1, 0.15) is 43.1 Å². The summed E-state index contributed by atoms with van der Waals surface area (Å²) in [4.78, 5) is 38.1. The van der Waals surface area contributed by atoms with Gasteiger partial charge in [0.2, 0.25) is 5.91 Å². The Morgan fingerprint density at radius 2 is 1.79 bits per heavy atom. The molecule has 0 radical (unpaired) electrons. The number of ether oxygens (including phenoxy) is 1. The second-order valence-corrected chi connectivity index (χ2v) is 7.82. The van der Waals surface area contributed by atoms with Gasteiger partial charge in [0, 0.05) is 44.3 Å². The first-order valence-corrected chi connectivity index (χ1v) is 10.0. The van der Waals surface area contributed by atoms with Crippen molar-refractivity contribution in [1.82, 2.24) is 24.3 Å². The molecule has 28 heavy (non-hydrogen) atoms. The Kier molecular flexibility index (Phi) is 5.30. The van der Waals surface area contributed by atoms with Crippen molar-refractivity contribution in [3.8, 4) is 0 Å². The number of imidazole rings is 1. The largest absolute Gasteiger partial charge is 0.378 e. The zero-order valence-corrected chi connectivity index (χ0v) is 16.5. The molecular weight excluding hydrogens is 358 g/mol. The predicted octanol–water partition coefficient (Wildman–Crippen LogP) is 1.72. The average molecular weight is 385 g/mol. The van der Waals surface area contributed by atoms with Crippen molar-refractivity contribution < 1.29 is 14.3 Å². The SMILES string of the molecule is CC(C)n1cnc2cc(C(=O)N3CCC(C(=O)N4CCOCC4)CC3)cnc21. The van der Waals surface area contributed by atoms with Crippen molar-refractivity contribution in [3.05, 3.63) is 24.2 Å². The highest BCUT2D eigenvalue weighted by molar-refractivity contribution is 5.96. The topological polar surface area (TPSA) is 80.6 Å². The highest BCUT2D eigenvalue weighted by Gasteiger charge is 2.31. The lowest BCUT2D eigenvalue weighted by Gasteiger charge is -2.35. The molecule has 4 heterocycles. The van der Waals surface area contributed by atoms with E-state index in [1.807, 2.05) is 20.4 Å². The Morgan fingerprint density at radius 1 is 1.07 bits per heavy atom. The fourth-order valence-electron chi connectivity index (χ4n) is 3.97. The van der Waals surface area contributed by atoms with E-state index in [9.17, 15) is 9.59 Å². The van der Waals surface area contributed by atoms with Gasteiger partial charge in [0.05, 0.1) is 25.1 Å². The normalized spacial score (nSPS) is 18.8. The molecular formula is C20H27N5O3. The van der Waals surface area contributed by atoms with Crippen LogP contribution in [-0.4, -0.2) is 75.5 Å². The highest BCUT2D eigenvalue weighted by Crippen LogP contribution is 2.23. The molecule has 2 aromatic heterocycles. The number of fused-ring (bicyclic) bond motifs is 1. The minimum Gasteiger partial charge on any atom is -0.378 e. The van der Waals surface area contributed by atoms with Crippen LogP contribution in [0.5, 0.6) is 0 Å². The summed E-state index contributed by atoms with van der Waals surface area (Å²) in [6, 6.07) is 2.08. The zero-order chi connectivity index (χ0) is 19.7. The van der Waals surface area contributed by atoms with Crippen LogP contribution in [0.15, 0.2) is 18.6 Å². The number of nitrogens with zero attached hydrogens (tertiary/aromatic N) is 5.